The third-order valence-corrected chi connectivity index (χ3v) is 5.13. The Morgan fingerprint density at radius 3 is 0.889 bits per heavy atom. The number of likely N-dealkylation sites (N-methyl/N-ethyl adjacent to an activating group) is 2. The highest BCUT2D eigenvalue weighted by molar-refractivity contribution is 4.45. The van der Waals surface area contributed by atoms with Crippen LogP contribution in [0, 0.1) is 0 Å². The molecule has 0 radical (unpaired) electrons. The predicted molar refractivity (Wildman–Crippen MR) is 82.7 cm³/mol. The van der Waals surface area contributed by atoms with Crippen molar-refractivity contribution < 1.29 is 8.97 Å². The zero-order chi connectivity index (χ0) is 14.1. The Kier molecular flexibility index (Phi) is 8.89. The Hall–Kier alpha value is -0.0800. The van der Waals surface area contributed by atoms with Crippen molar-refractivity contribution in [1.82, 2.24) is 0 Å². The van der Waals surface area contributed by atoms with Crippen LogP contribution < -0.4 is 0 Å². The van der Waals surface area contributed by atoms with Gasteiger partial charge in [-0.1, -0.05) is 13.8 Å². The summed E-state index contributed by atoms with van der Waals surface area (Å²) in [6, 6.07) is 0. The van der Waals surface area contributed by atoms with Gasteiger partial charge in [0, 0.05) is 0 Å². The van der Waals surface area contributed by atoms with Crippen molar-refractivity contribution in [3.63, 3.8) is 0 Å². The number of rotatable bonds is 11. The first-order valence-corrected chi connectivity index (χ1v) is 8.27. The molecule has 0 bridgehead atoms. The molecule has 0 saturated heterocycles. The molecule has 0 aliphatic rings. The van der Waals surface area contributed by atoms with Crippen LogP contribution in [-0.4, -0.2) is 61.3 Å². The zero-order valence-corrected chi connectivity index (χ0v) is 14.0. The first kappa shape index (κ1) is 17.9. The van der Waals surface area contributed by atoms with Crippen LogP contribution in [0.4, 0.5) is 0 Å². The Balaban J connectivity index is 4.64. The fourth-order valence-electron chi connectivity index (χ4n) is 3.31. The average molecular weight is 258 g/mol. The molecule has 0 aromatic rings. The third-order valence-electron chi connectivity index (χ3n) is 5.13. The van der Waals surface area contributed by atoms with E-state index in [0.29, 0.717) is 0 Å². The van der Waals surface area contributed by atoms with Gasteiger partial charge in [0.05, 0.1) is 39.3 Å². The van der Waals surface area contributed by atoms with Crippen LogP contribution in [0.5, 0.6) is 0 Å². The van der Waals surface area contributed by atoms with Crippen LogP contribution in [0.2, 0.25) is 0 Å². The van der Waals surface area contributed by atoms with Crippen LogP contribution >= 0.6 is 0 Å². The Bertz CT molecular complexity index is 171. The molecule has 0 N–H and O–H groups in total. The minimum atomic E-state index is 1.30. The molecule has 110 valence electrons. The third kappa shape index (κ3) is 4.89. The number of hydrogen-bond acceptors (Lipinski definition) is 0. The average Bonchev–Trinajstić information content (AvgIpc) is 2.42. The van der Waals surface area contributed by atoms with E-state index in [1.807, 2.05) is 0 Å². The lowest BCUT2D eigenvalue weighted by Crippen LogP contribution is -2.58. The van der Waals surface area contributed by atoms with Gasteiger partial charge in [0.1, 0.15) is 13.1 Å². The van der Waals surface area contributed by atoms with Gasteiger partial charge in [-0.2, -0.15) is 0 Å². The second kappa shape index (κ2) is 8.92. The van der Waals surface area contributed by atoms with Gasteiger partial charge in [0.25, 0.3) is 0 Å². The van der Waals surface area contributed by atoms with Gasteiger partial charge < -0.3 is 8.97 Å². The molecule has 2 heteroatoms. The second-order valence-corrected chi connectivity index (χ2v) is 5.84. The molecular weight excluding hydrogens is 220 g/mol. The fraction of sp³-hybridized carbons (Fsp3) is 1.00. The van der Waals surface area contributed by atoms with Crippen molar-refractivity contribution in [2.24, 2.45) is 0 Å². The van der Waals surface area contributed by atoms with Crippen molar-refractivity contribution in [1.29, 1.82) is 0 Å². The molecule has 0 saturated carbocycles. The van der Waals surface area contributed by atoms with Crippen LogP contribution in [0.25, 0.3) is 0 Å². The van der Waals surface area contributed by atoms with E-state index in [0.717, 1.165) is 0 Å². The minimum Gasteiger partial charge on any atom is -0.319 e. The van der Waals surface area contributed by atoms with Crippen LogP contribution in [0.3, 0.4) is 0 Å². The second-order valence-electron chi connectivity index (χ2n) is 5.84. The largest absolute Gasteiger partial charge is 0.319 e. The molecule has 0 unspecified atom stereocenters. The molecule has 0 aliphatic heterocycles. The van der Waals surface area contributed by atoms with E-state index in [2.05, 4.69) is 41.5 Å². The molecule has 18 heavy (non-hydrogen) atoms. The van der Waals surface area contributed by atoms with Gasteiger partial charge in [0.15, 0.2) is 0 Å². The van der Waals surface area contributed by atoms with E-state index in [1.165, 1.54) is 74.2 Å². The summed E-state index contributed by atoms with van der Waals surface area (Å²) in [5.74, 6) is 0. The lowest BCUT2D eigenvalue weighted by molar-refractivity contribution is -0.978. The molecule has 0 rings (SSSR count). The molecule has 0 heterocycles. The summed E-state index contributed by atoms with van der Waals surface area (Å²) in [6.07, 6.45) is 2.63. The predicted octanol–water partition coefficient (Wildman–Crippen LogP) is 3.52. The van der Waals surface area contributed by atoms with E-state index < -0.39 is 0 Å². The van der Waals surface area contributed by atoms with E-state index >= 15 is 0 Å². The summed E-state index contributed by atoms with van der Waals surface area (Å²) in [4.78, 5) is 0. The molecule has 2 nitrogen and oxygen atoms in total. The Labute approximate surface area is 116 Å². The maximum Gasteiger partial charge on any atom is 0.128 e. The lowest BCUT2D eigenvalue weighted by Gasteiger charge is -2.42. The number of nitrogens with zero attached hydrogens (tertiary/aromatic N) is 2. The van der Waals surface area contributed by atoms with Crippen molar-refractivity contribution in [3.05, 3.63) is 0 Å². The van der Waals surface area contributed by atoms with Gasteiger partial charge in [-0.25, -0.2) is 0 Å². The summed E-state index contributed by atoms with van der Waals surface area (Å²) < 4.78 is 2.64. The van der Waals surface area contributed by atoms with Crippen molar-refractivity contribution >= 4 is 0 Å². The maximum absolute atomic E-state index is 2.37. The van der Waals surface area contributed by atoms with Gasteiger partial charge in [-0.15, -0.1) is 0 Å². The van der Waals surface area contributed by atoms with Crippen molar-refractivity contribution in [3.8, 4) is 0 Å². The SMILES string of the molecule is CCC[N+](CC)(CC)CC[N+](CC)(CC)CCC. The van der Waals surface area contributed by atoms with Gasteiger partial charge in [0.2, 0.25) is 0 Å². The lowest BCUT2D eigenvalue weighted by atomic mass is 10.2. The van der Waals surface area contributed by atoms with E-state index in [4.69, 9.17) is 0 Å². The smallest absolute Gasteiger partial charge is 0.128 e. The first-order chi connectivity index (χ1) is 8.57. The van der Waals surface area contributed by atoms with E-state index in [-0.39, 0.29) is 0 Å². The van der Waals surface area contributed by atoms with Crippen LogP contribution in [-0.2, 0) is 0 Å². The maximum atomic E-state index is 2.37. The summed E-state index contributed by atoms with van der Waals surface area (Å²) in [6.45, 7) is 24.7. The van der Waals surface area contributed by atoms with Crippen molar-refractivity contribution in [2.75, 3.05) is 52.4 Å². The molecular formula is C16H38N2+2. The topological polar surface area (TPSA) is 0 Å². The fourth-order valence-corrected chi connectivity index (χ4v) is 3.31. The molecule has 0 amide bonds. The van der Waals surface area contributed by atoms with Gasteiger partial charge in [-0.05, 0) is 40.5 Å². The Morgan fingerprint density at radius 1 is 0.444 bits per heavy atom. The molecule has 0 aromatic heterocycles. The Morgan fingerprint density at radius 2 is 0.722 bits per heavy atom. The van der Waals surface area contributed by atoms with Crippen LogP contribution in [0.15, 0.2) is 0 Å². The molecule has 0 spiro atoms. The van der Waals surface area contributed by atoms with E-state index in [1.54, 1.807) is 0 Å². The number of quaternary nitrogens is 2. The summed E-state index contributed by atoms with van der Waals surface area (Å²) >= 11 is 0. The van der Waals surface area contributed by atoms with E-state index in [9.17, 15) is 0 Å². The monoisotopic (exact) mass is 258 g/mol. The quantitative estimate of drug-likeness (QED) is 0.497. The highest BCUT2D eigenvalue weighted by Crippen LogP contribution is 2.13. The molecule has 0 fully saturated rings. The molecule has 0 aliphatic carbocycles. The minimum absolute atomic E-state index is 1.30. The number of hydrogen-bond donors (Lipinski definition) is 0. The van der Waals surface area contributed by atoms with Crippen LogP contribution in [0.1, 0.15) is 54.4 Å². The standard InChI is InChI=1S/C16H38N2/c1-7-13-17(9-3,10-4)15-16-18(11-5,12-6)14-8-2/h7-16H2,1-6H3/q+2. The first-order valence-electron chi connectivity index (χ1n) is 8.27. The van der Waals surface area contributed by atoms with Gasteiger partial charge >= 0.3 is 0 Å². The van der Waals surface area contributed by atoms with Gasteiger partial charge in [-0.3, -0.25) is 0 Å². The highest BCUT2D eigenvalue weighted by atomic mass is 15.4. The summed E-state index contributed by atoms with van der Waals surface area (Å²) in [5, 5.41) is 0. The summed E-state index contributed by atoms with van der Waals surface area (Å²) in [5.41, 5.74) is 0. The molecule has 0 aromatic carbocycles. The highest BCUT2D eigenvalue weighted by Gasteiger charge is 2.29. The summed E-state index contributed by atoms with van der Waals surface area (Å²) in [7, 11) is 0. The molecule has 0 atom stereocenters. The van der Waals surface area contributed by atoms with Crippen molar-refractivity contribution in [2.45, 2.75) is 54.4 Å². The normalized spacial score (nSPS) is 13.0. The zero-order valence-electron chi connectivity index (χ0n) is 14.0.